The quantitative estimate of drug-likeness (QED) is 0.717. The molecule has 1 heterocycles. The first-order valence-corrected chi connectivity index (χ1v) is 4.75. The molecule has 0 aliphatic carbocycles. The van der Waals surface area contributed by atoms with Crippen molar-refractivity contribution in [1.29, 1.82) is 0 Å². The van der Waals surface area contributed by atoms with Crippen LogP contribution in [0.2, 0.25) is 0 Å². The molecule has 0 aliphatic rings. The number of esters is 1. The number of hydrogen-bond donors (Lipinski definition) is 0. The van der Waals surface area contributed by atoms with E-state index in [9.17, 15) is 4.79 Å². The van der Waals surface area contributed by atoms with Gasteiger partial charge in [0.1, 0.15) is 5.75 Å². The summed E-state index contributed by atoms with van der Waals surface area (Å²) < 4.78 is 11.6. The third-order valence-electron chi connectivity index (χ3n) is 2.34. The van der Waals surface area contributed by atoms with E-state index in [2.05, 4.69) is 9.84 Å². The van der Waals surface area contributed by atoms with Crippen LogP contribution in [0, 0.1) is 0 Å². The second-order valence-corrected chi connectivity index (χ2v) is 3.41. The molecular formula is C11H12N2O3. The topological polar surface area (TPSA) is 53.4 Å². The largest absolute Gasteiger partial charge is 0.496 e. The standard InChI is InChI=1S/C11H12N2O3/c1-13-6-8-9(12-13)4-7(11(14)16-3)5-10(8)15-2/h4-6H,1-3H3. The monoisotopic (exact) mass is 220 g/mol. The Kier molecular flexibility index (Phi) is 2.52. The number of methoxy groups -OCH3 is 2. The fraction of sp³-hybridized carbons (Fsp3) is 0.273. The van der Waals surface area contributed by atoms with Crippen LogP contribution in [0.3, 0.4) is 0 Å². The zero-order valence-electron chi connectivity index (χ0n) is 9.35. The van der Waals surface area contributed by atoms with Crippen molar-refractivity contribution in [1.82, 2.24) is 9.78 Å². The van der Waals surface area contributed by atoms with Gasteiger partial charge in [0.05, 0.1) is 30.7 Å². The van der Waals surface area contributed by atoms with E-state index in [-0.39, 0.29) is 0 Å². The van der Waals surface area contributed by atoms with Gasteiger partial charge in [0.25, 0.3) is 0 Å². The summed E-state index contributed by atoms with van der Waals surface area (Å²) in [4.78, 5) is 11.4. The lowest BCUT2D eigenvalue weighted by Gasteiger charge is -2.04. The Morgan fingerprint density at radius 1 is 1.38 bits per heavy atom. The molecule has 0 atom stereocenters. The van der Waals surface area contributed by atoms with Crippen molar-refractivity contribution in [2.45, 2.75) is 0 Å². The van der Waals surface area contributed by atoms with Crippen LogP contribution in [0.25, 0.3) is 10.9 Å². The molecule has 1 aromatic carbocycles. The minimum Gasteiger partial charge on any atom is -0.496 e. The summed E-state index contributed by atoms with van der Waals surface area (Å²) in [5, 5.41) is 5.10. The number of nitrogens with zero attached hydrogens (tertiary/aromatic N) is 2. The predicted molar refractivity (Wildman–Crippen MR) is 58.6 cm³/mol. The number of hydrogen-bond acceptors (Lipinski definition) is 4. The summed E-state index contributed by atoms with van der Waals surface area (Å²) in [6.45, 7) is 0. The molecule has 0 saturated carbocycles. The SMILES string of the molecule is COC(=O)c1cc(OC)c2cn(C)nc2c1. The van der Waals surface area contributed by atoms with E-state index in [1.54, 1.807) is 23.9 Å². The highest BCUT2D eigenvalue weighted by Crippen LogP contribution is 2.26. The highest BCUT2D eigenvalue weighted by atomic mass is 16.5. The highest BCUT2D eigenvalue weighted by molar-refractivity contribution is 5.96. The molecule has 84 valence electrons. The molecule has 0 unspecified atom stereocenters. The zero-order chi connectivity index (χ0) is 11.7. The molecule has 0 fully saturated rings. The van der Waals surface area contributed by atoms with Crippen molar-refractivity contribution in [3.63, 3.8) is 0 Å². The molecule has 0 amide bonds. The molecule has 0 N–H and O–H groups in total. The van der Waals surface area contributed by atoms with Gasteiger partial charge in [-0.2, -0.15) is 5.10 Å². The number of aryl methyl sites for hydroxylation is 1. The first-order valence-electron chi connectivity index (χ1n) is 4.75. The summed E-state index contributed by atoms with van der Waals surface area (Å²) in [6, 6.07) is 3.33. The normalized spacial score (nSPS) is 10.4. The maximum atomic E-state index is 11.4. The van der Waals surface area contributed by atoms with E-state index < -0.39 is 5.97 Å². The molecule has 0 aliphatic heterocycles. The van der Waals surface area contributed by atoms with Gasteiger partial charge in [0.2, 0.25) is 0 Å². The zero-order valence-corrected chi connectivity index (χ0v) is 9.35. The summed E-state index contributed by atoms with van der Waals surface area (Å²) >= 11 is 0. The predicted octanol–water partition coefficient (Wildman–Crippen LogP) is 1.37. The minimum atomic E-state index is -0.397. The second-order valence-electron chi connectivity index (χ2n) is 3.41. The fourth-order valence-electron chi connectivity index (χ4n) is 1.61. The Bertz CT molecular complexity index is 545. The Morgan fingerprint density at radius 2 is 2.12 bits per heavy atom. The molecule has 5 nitrogen and oxygen atoms in total. The van der Waals surface area contributed by atoms with E-state index in [1.165, 1.54) is 7.11 Å². The van der Waals surface area contributed by atoms with E-state index in [1.807, 2.05) is 13.2 Å². The van der Waals surface area contributed by atoms with Crippen molar-refractivity contribution in [2.24, 2.45) is 7.05 Å². The maximum absolute atomic E-state index is 11.4. The van der Waals surface area contributed by atoms with Crippen LogP contribution in [0.4, 0.5) is 0 Å². The molecule has 0 spiro atoms. The smallest absolute Gasteiger partial charge is 0.338 e. The summed E-state index contributed by atoms with van der Waals surface area (Å²) in [5.74, 6) is 0.219. The second kappa shape index (κ2) is 3.84. The van der Waals surface area contributed by atoms with Crippen molar-refractivity contribution in [3.05, 3.63) is 23.9 Å². The summed E-state index contributed by atoms with van der Waals surface area (Å²) in [7, 11) is 4.72. The van der Waals surface area contributed by atoms with Gasteiger partial charge in [-0.25, -0.2) is 4.79 Å². The Balaban J connectivity index is 2.67. The van der Waals surface area contributed by atoms with Crippen LogP contribution >= 0.6 is 0 Å². The van der Waals surface area contributed by atoms with Gasteiger partial charge < -0.3 is 9.47 Å². The van der Waals surface area contributed by atoms with Crippen LogP contribution in [0.1, 0.15) is 10.4 Å². The van der Waals surface area contributed by atoms with Crippen molar-refractivity contribution >= 4 is 16.9 Å². The first-order chi connectivity index (χ1) is 7.65. The van der Waals surface area contributed by atoms with Gasteiger partial charge in [-0.15, -0.1) is 0 Å². The van der Waals surface area contributed by atoms with Crippen LogP contribution in [-0.2, 0) is 11.8 Å². The lowest BCUT2D eigenvalue weighted by molar-refractivity contribution is 0.0600. The average molecular weight is 220 g/mol. The van der Waals surface area contributed by atoms with E-state index in [0.29, 0.717) is 16.8 Å². The van der Waals surface area contributed by atoms with Crippen molar-refractivity contribution in [3.8, 4) is 5.75 Å². The lowest BCUT2D eigenvalue weighted by atomic mass is 10.1. The lowest BCUT2D eigenvalue weighted by Crippen LogP contribution is -2.01. The molecule has 0 radical (unpaired) electrons. The first kappa shape index (κ1) is 10.5. The van der Waals surface area contributed by atoms with E-state index in [4.69, 9.17) is 4.74 Å². The van der Waals surface area contributed by atoms with Gasteiger partial charge >= 0.3 is 5.97 Å². The van der Waals surface area contributed by atoms with Gasteiger partial charge in [-0.1, -0.05) is 0 Å². The van der Waals surface area contributed by atoms with Crippen molar-refractivity contribution in [2.75, 3.05) is 14.2 Å². The third-order valence-corrected chi connectivity index (χ3v) is 2.34. The molecule has 5 heteroatoms. The Hall–Kier alpha value is -2.04. The molecule has 2 aromatic rings. The van der Waals surface area contributed by atoms with E-state index >= 15 is 0 Å². The number of aromatic nitrogens is 2. The van der Waals surface area contributed by atoms with Crippen LogP contribution < -0.4 is 4.74 Å². The molecule has 2 rings (SSSR count). The summed E-state index contributed by atoms with van der Waals surface area (Å²) in [6.07, 6.45) is 1.84. The fourth-order valence-corrected chi connectivity index (χ4v) is 1.61. The van der Waals surface area contributed by atoms with Gasteiger partial charge in [-0.3, -0.25) is 4.68 Å². The van der Waals surface area contributed by atoms with Gasteiger partial charge in [0.15, 0.2) is 0 Å². The summed E-state index contributed by atoms with van der Waals surface area (Å²) in [5.41, 5.74) is 1.15. The minimum absolute atomic E-state index is 0.397. The number of benzene rings is 1. The van der Waals surface area contributed by atoms with E-state index in [0.717, 1.165) is 5.39 Å². The molecule has 16 heavy (non-hydrogen) atoms. The molecule has 0 saturated heterocycles. The number of rotatable bonds is 2. The Labute approximate surface area is 92.6 Å². The number of carbonyl (C=O) groups is 1. The molecule has 1 aromatic heterocycles. The van der Waals surface area contributed by atoms with Crippen LogP contribution in [-0.4, -0.2) is 30.0 Å². The highest BCUT2D eigenvalue weighted by Gasteiger charge is 2.12. The molecular weight excluding hydrogens is 208 g/mol. The Morgan fingerprint density at radius 3 is 2.75 bits per heavy atom. The maximum Gasteiger partial charge on any atom is 0.338 e. The third kappa shape index (κ3) is 1.60. The number of carbonyl (C=O) groups excluding carboxylic acids is 1. The van der Waals surface area contributed by atoms with Crippen LogP contribution in [0.15, 0.2) is 18.3 Å². The van der Waals surface area contributed by atoms with Gasteiger partial charge in [-0.05, 0) is 12.1 Å². The molecule has 0 bridgehead atoms. The number of ether oxygens (including phenoxy) is 2. The van der Waals surface area contributed by atoms with Gasteiger partial charge in [0, 0.05) is 13.2 Å². The van der Waals surface area contributed by atoms with Crippen molar-refractivity contribution < 1.29 is 14.3 Å². The average Bonchev–Trinajstić information content (AvgIpc) is 2.66. The number of fused-ring (bicyclic) bond motifs is 1. The van der Waals surface area contributed by atoms with Crippen LogP contribution in [0.5, 0.6) is 5.75 Å².